The Labute approximate surface area is 183 Å². The molecule has 1 aromatic heterocycles. The zero-order valence-corrected chi connectivity index (χ0v) is 18.1. The van der Waals surface area contributed by atoms with E-state index in [1.54, 1.807) is 0 Å². The first-order valence-electron chi connectivity index (χ1n) is 10.6. The van der Waals surface area contributed by atoms with Crippen LogP contribution in [0.1, 0.15) is 16.7 Å². The van der Waals surface area contributed by atoms with Gasteiger partial charge in [-0.05, 0) is 38.0 Å². The standard InChI is InChI=1S/C29H24N2/c1-19-8-13-22(14-9-19)26-18-21(3)12-17-24(26)29-30-27-7-5-4-6-25(27)28(31-29)23-15-10-20(2)11-16-23/h4-18H,1-3H3. The quantitative estimate of drug-likeness (QED) is 0.312. The molecule has 31 heavy (non-hydrogen) atoms. The fourth-order valence-corrected chi connectivity index (χ4v) is 3.95. The number of benzene rings is 4. The minimum Gasteiger partial charge on any atom is -0.228 e. The highest BCUT2D eigenvalue weighted by atomic mass is 14.9. The molecule has 4 aromatic carbocycles. The lowest BCUT2D eigenvalue weighted by Crippen LogP contribution is -1.97. The van der Waals surface area contributed by atoms with Crippen LogP contribution in [-0.2, 0) is 0 Å². The molecule has 150 valence electrons. The van der Waals surface area contributed by atoms with Gasteiger partial charge in [-0.1, -0.05) is 102 Å². The molecule has 2 heteroatoms. The summed E-state index contributed by atoms with van der Waals surface area (Å²) in [6, 6.07) is 32.0. The van der Waals surface area contributed by atoms with Crippen molar-refractivity contribution in [2.75, 3.05) is 0 Å². The second-order valence-corrected chi connectivity index (χ2v) is 8.19. The second kappa shape index (κ2) is 7.81. The first kappa shape index (κ1) is 19.2. The van der Waals surface area contributed by atoms with Crippen molar-refractivity contribution in [3.05, 3.63) is 108 Å². The largest absolute Gasteiger partial charge is 0.228 e. The van der Waals surface area contributed by atoms with Crippen molar-refractivity contribution in [1.82, 2.24) is 9.97 Å². The van der Waals surface area contributed by atoms with E-state index in [1.807, 2.05) is 12.1 Å². The van der Waals surface area contributed by atoms with Crippen LogP contribution in [0.3, 0.4) is 0 Å². The van der Waals surface area contributed by atoms with Gasteiger partial charge in [0, 0.05) is 16.5 Å². The molecule has 0 aliphatic rings. The zero-order chi connectivity index (χ0) is 21.4. The summed E-state index contributed by atoms with van der Waals surface area (Å²) in [6.07, 6.45) is 0. The van der Waals surface area contributed by atoms with Crippen LogP contribution >= 0.6 is 0 Å². The Hall–Kier alpha value is -3.78. The van der Waals surface area contributed by atoms with Gasteiger partial charge in [0.15, 0.2) is 5.82 Å². The van der Waals surface area contributed by atoms with Gasteiger partial charge in [0.05, 0.1) is 11.2 Å². The van der Waals surface area contributed by atoms with Crippen molar-refractivity contribution in [3.8, 4) is 33.8 Å². The lowest BCUT2D eigenvalue weighted by Gasteiger charge is -2.14. The highest BCUT2D eigenvalue weighted by Crippen LogP contribution is 2.34. The molecular weight excluding hydrogens is 376 g/mol. The van der Waals surface area contributed by atoms with Crippen LogP contribution in [0.2, 0.25) is 0 Å². The SMILES string of the molecule is Cc1ccc(-c2cc(C)ccc2-c2nc(-c3ccc(C)cc3)c3ccccc3n2)cc1. The number of para-hydroxylation sites is 1. The van der Waals surface area contributed by atoms with Gasteiger partial charge in [-0.3, -0.25) is 0 Å². The third kappa shape index (κ3) is 3.73. The normalized spacial score (nSPS) is 11.1. The fraction of sp³-hybridized carbons (Fsp3) is 0.103. The maximum absolute atomic E-state index is 5.09. The van der Waals surface area contributed by atoms with Gasteiger partial charge in [-0.25, -0.2) is 9.97 Å². The third-order valence-corrected chi connectivity index (χ3v) is 5.71. The van der Waals surface area contributed by atoms with Crippen molar-refractivity contribution < 1.29 is 0 Å². The van der Waals surface area contributed by atoms with Crippen molar-refractivity contribution in [3.63, 3.8) is 0 Å². The number of nitrogens with zero attached hydrogens (tertiary/aromatic N) is 2. The van der Waals surface area contributed by atoms with Crippen molar-refractivity contribution in [2.45, 2.75) is 20.8 Å². The predicted molar refractivity (Wildman–Crippen MR) is 130 cm³/mol. The Morgan fingerprint density at radius 3 is 1.84 bits per heavy atom. The summed E-state index contributed by atoms with van der Waals surface area (Å²) in [5, 5.41) is 1.07. The van der Waals surface area contributed by atoms with Gasteiger partial charge in [-0.15, -0.1) is 0 Å². The molecule has 0 saturated heterocycles. The average molecular weight is 401 g/mol. The van der Waals surface area contributed by atoms with Crippen LogP contribution in [0.25, 0.3) is 44.7 Å². The molecule has 0 N–H and O–H groups in total. The molecule has 2 nitrogen and oxygen atoms in total. The summed E-state index contributed by atoms with van der Waals surface area (Å²) >= 11 is 0. The fourth-order valence-electron chi connectivity index (χ4n) is 3.95. The zero-order valence-electron chi connectivity index (χ0n) is 18.1. The van der Waals surface area contributed by atoms with E-state index in [-0.39, 0.29) is 0 Å². The maximum Gasteiger partial charge on any atom is 0.161 e. The molecule has 1 heterocycles. The smallest absolute Gasteiger partial charge is 0.161 e. The molecule has 0 fully saturated rings. The molecule has 0 bridgehead atoms. The molecular formula is C29H24N2. The van der Waals surface area contributed by atoms with E-state index in [1.165, 1.54) is 22.3 Å². The lowest BCUT2D eigenvalue weighted by molar-refractivity contribution is 1.23. The van der Waals surface area contributed by atoms with Gasteiger partial charge in [-0.2, -0.15) is 0 Å². The Morgan fingerprint density at radius 2 is 1.13 bits per heavy atom. The van der Waals surface area contributed by atoms with Crippen LogP contribution in [0, 0.1) is 20.8 Å². The number of aryl methyl sites for hydroxylation is 3. The van der Waals surface area contributed by atoms with Crippen LogP contribution in [0.4, 0.5) is 0 Å². The Kier molecular flexibility index (Phi) is 4.83. The minimum atomic E-state index is 0.754. The van der Waals surface area contributed by atoms with Crippen molar-refractivity contribution in [1.29, 1.82) is 0 Å². The average Bonchev–Trinajstić information content (AvgIpc) is 2.79. The van der Waals surface area contributed by atoms with E-state index in [0.717, 1.165) is 39.1 Å². The molecule has 0 spiro atoms. The van der Waals surface area contributed by atoms with E-state index in [4.69, 9.17) is 9.97 Å². The lowest BCUT2D eigenvalue weighted by atomic mass is 9.96. The highest BCUT2D eigenvalue weighted by Gasteiger charge is 2.15. The second-order valence-electron chi connectivity index (χ2n) is 8.19. The first-order chi connectivity index (χ1) is 15.1. The van der Waals surface area contributed by atoms with Crippen LogP contribution in [0.15, 0.2) is 91.0 Å². The monoisotopic (exact) mass is 400 g/mol. The van der Waals surface area contributed by atoms with Gasteiger partial charge in [0.1, 0.15) is 0 Å². The van der Waals surface area contributed by atoms with Crippen LogP contribution in [-0.4, -0.2) is 9.97 Å². The topological polar surface area (TPSA) is 25.8 Å². The summed E-state index contributed by atoms with van der Waals surface area (Å²) < 4.78 is 0. The van der Waals surface area contributed by atoms with Gasteiger partial charge < -0.3 is 0 Å². The molecule has 5 rings (SSSR count). The number of hydrogen-bond donors (Lipinski definition) is 0. The number of fused-ring (bicyclic) bond motifs is 1. The van der Waals surface area contributed by atoms with E-state index >= 15 is 0 Å². The molecule has 0 radical (unpaired) electrons. The number of rotatable bonds is 3. The summed E-state index contributed by atoms with van der Waals surface area (Å²) in [5.41, 5.74) is 10.1. The van der Waals surface area contributed by atoms with Crippen molar-refractivity contribution in [2.24, 2.45) is 0 Å². The molecule has 5 aromatic rings. The number of hydrogen-bond acceptors (Lipinski definition) is 2. The van der Waals surface area contributed by atoms with E-state index in [9.17, 15) is 0 Å². The Bertz CT molecular complexity index is 1380. The highest BCUT2D eigenvalue weighted by molar-refractivity contribution is 5.94. The maximum atomic E-state index is 5.09. The van der Waals surface area contributed by atoms with Crippen molar-refractivity contribution >= 4 is 10.9 Å². The van der Waals surface area contributed by atoms with Gasteiger partial charge in [0.25, 0.3) is 0 Å². The first-order valence-corrected chi connectivity index (χ1v) is 10.6. The molecule has 0 atom stereocenters. The van der Waals surface area contributed by atoms with E-state index in [0.29, 0.717) is 0 Å². The third-order valence-electron chi connectivity index (χ3n) is 5.71. The van der Waals surface area contributed by atoms with Crippen LogP contribution < -0.4 is 0 Å². The van der Waals surface area contributed by atoms with E-state index in [2.05, 4.69) is 99.6 Å². The van der Waals surface area contributed by atoms with Gasteiger partial charge >= 0.3 is 0 Å². The molecule has 0 saturated carbocycles. The summed E-state index contributed by atoms with van der Waals surface area (Å²) in [6.45, 7) is 6.34. The van der Waals surface area contributed by atoms with Gasteiger partial charge in [0.2, 0.25) is 0 Å². The summed E-state index contributed by atoms with van der Waals surface area (Å²) in [4.78, 5) is 10.1. The number of aromatic nitrogens is 2. The summed E-state index contributed by atoms with van der Waals surface area (Å²) in [7, 11) is 0. The molecule has 0 aliphatic carbocycles. The Morgan fingerprint density at radius 1 is 0.516 bits per heavy atom. The predicted octanol–water partition coefficient (Wildman–Crippen LogP) is 7.56. The minimum absolute atomic E-state index is 0.754. The molecule has 0 aliphatic heterocycles. The van der Waals surface area contributed by atoms with Crippen LogP contribution in [0.5, 0.6) is 0 Å². The molecule has 0 unspecified atom stereocenters. The molecule has 0 amide bonds. The Balaban J connectivity index is 1.77. The van der Waals surface area contributed by atoms with E-state index < -0.39 is 0 Å². The summed E-state index contributed by atoms with van der Waals surface area (Å²) in [5.74, 6) is 0.754.